The van der Waals surface area contributed by atoms with E-state index in [1.807, 2.05) is 0 Å². The predicted octanol–water partition coefficient (Wildman–Crippen LogP) is -0.489. The summed E-state index contributed by atoms with van der Waals surface area (Å²) in [6.07, 6.45) is 0.546. The molecule has 0 fully saturated rings. The van der Waals surface area contributed by atoms with Gasteiger partial charge in [0.2, 0.25) is 0 Å². The number of anilines is 1. The molecule has 1 atom stereocenters. The van der Waals surface area contributed by atoms with Crippen LogP contribution in [0.2, 0.25) is 0 Å². The quantitative estimate of drug-likeness (QED) is 0.153. The molecule has 223 valence electrons. The summed E-state index contributed by atoms with van der Waals surface area (Å²) in [6, 6.07) is 4.38. The van der Waals surface area contributed by atoms with E-state index >= 15 is 0 Å². The maximum atomic E-state index is 12.3. The van der Waals surface area contributed by atoms with Crippen molar-refractivity contribution in [1.29, 1.82) is 0 Å². The topological polar surface area (TPSA) is 190 Å². The van der Waals surface area contributed by atoms with Crippen molar-refractivity contribution in [2.24, 2.45) is 0 Å². The van der Waals surface area contributed by atoms with Crippen molar-refractivity contribution in [2.45, 2.75) is 38.9 Å². The van der Waals surface area contributed by atoms with Gasteiger partial charge in [-0.2, -0.15) is 0 Å². The summed E-state index contributed by atoms with van der Waals surface area (Å²) in [5.74, 6) is -3.12. The molecule has 3 rings (SSSR count). The molecule has 2 heterocycles. The zero-order chi connectivity index (χ0) is 29.2. The number of carbonyl (C=O) groups is 3. The van der Waals surface area contributed by atoms with Crippen molar-refractivity contribution in [1.82, 2.24) is 19.7 Å². The van der Waals surface area contributed by atoms with Crippen molar-refractivity contribution in [3.8, 4) is 5.75 Å². The number of pyridine rings is 1. The standard InChI is InChI=1S/C26H35N5O9.Gd/c1-2-40-25-22(23(36)24(25)37)27-8-4-7-19(26(38)39)31-11-9-29(15-20(32)33)13-17-5-3-6-18(28-17)14-30(10-12-31)16-21(34)35;/h3,5-6,19,27H,2,4,7-16H2,1H3,(H,32,33)(H,34,35)(H,38,39);/q;+3. The second-order valence-corrected chi connectivity index (χ2v) is 9.58. The number of carboxylic acid groups (broad SMARTS) is 3. The Morgan fingerprint density at radius 2 is 1.51 bits per heavy atom. The first-order chi connectivity index (χ1) is 19.1. The van der Waals surface area contributed by atoms with Crippen LogP contribution < -0.4 is 20.9 Å². The van der Waals surface area contributed by atoms with E-state index in [1.165, 1.54) is 0 Å². The number of ether oxygens (including phenoxy) is 1. The van der Waals surface area contributed by atoms with Crippen molar-refractivity contribution < 1.29 is 74.4 Å². The summed E-state index contributed by atoms with van der Waals surface area (Å²) in [7, 11) is 0. The SMILES string of the molecule is CCOc1c(NCCCC(C(=O)O)N2CCN(CC(=O)O)Cc3cccc(n3)CN(CC(=O)O)CC2)c(=O)c1=O.[Gd+3]. The molecule has 0 saturated heterocycles. The number of hydrogen-bond acceptors (Lipinski definition) is 11. The monoisotopic (exact) mass is 719 g/mol. The summed E-state index contributed by atoms with van der Waals surface area (Å²) < 4.78 is 5.19. The normalized spacial score (nSPS) is 16.1. The molecule has 1 aromatic carbocycles. The molecular weight excluding hydrogens is 684 g/mol. The Kier molecular flexibility index (Phi) is 14.2. The smallest absolute Gasteiger partial charge is 0.488 e. The molecular formula is C26H35GdN5O9+3. The fourth-order valence-corrected chi connectivity index (χ4v) is 4.72. The molecule has 2 bridgehead atoms. The number of carboxylic acids is 3. The largest absolute Gasteiger partial charge is 3.00 e. The molecule has 1 unspecified atom stereocenters. The number of hydrogen-bond donors (Lipinski definition) is 4. The Morgan fingerprint density at radius 1 is 0.951 bits per heavy atom. The van der Waals surface area contributed by atoms with Gasteiger partial charge < -0.3 is 25.4 Å². The van der Waals surface area contributed by atoms with Crippen molar-refractivity contribution in [2.75, 3.05) is 57.7 Å². The third kappa shape index (κ3) is 10.3. The Bertz CT molecular complexity index is 1220. The Morgan fingerprint density at radius 3 is 2.00 bits per heavy atom. The molecule has 14 nitrogen and oxygen atoms in total. The third-order valence-corrected chi connectivity index (χ3v) is 6.60. The first-order valence-corrected chi connectivity index (χ1v) is 13.1. The van der Waals surface area contributed by atoms with E-state index in [4.69, 9.17) is 4.74 Å². The van der Waals surface area contributed by atoms with Gasteiger partial charge in [-0.15, -0.1) is 0 Å². The van der Waals surface area contributed by atoms with Crippen LogP contribution in [0.4, 0.5) is 5.69 Å². The number of fused-ring (bicyclic) bond motifs is 2. The third-order valence-electron chi connectivity index (χ3n) is 6.60. The Balaban J connectivity index is 0.00000588. The average molecular weight is 719 g/mol. The molecule has 1 radical (unpaired) electrons. The first kappa shape index (κ1) is 34.6. The van der Waals surface area contributed by atoms with E-state index in [2.05, 4.69) is 10.3 Å². The molecule has 1 aliphatic heterocycles. The second-order valence-electron chi connectivity index (χ2n) is 9.58. The van der Waals surface area contributed by atoms with Crippen LogP contribution in [0, 0.1) is 39.9 Å². The second kappa shape index (κ2) is 16.8. The van der Waals surface area contributed by atoms with Crippen LogP contribution in [0.15, 0.2) is 27.8 Å². The van der Waals surface area contributed by atoms with Gasteiger partial charge in [0, 0.05) is 45.8 Å². The van der Waals surface area contributed by atoms with Crippen LogP contribution in [-0.4, -0.2) is 111 Å². The van der Waals surface area contributed by atoms with Gasteiger partial charge >= 0.3 is 57.8 Å². The number of aliphatic carboxylic acids is 3. The summed E-state index contributed by atoms with van der Waals surface area (Å²) in [5, 5.41) is 31.8. The molecule has 15 heteroatoms. The molecule has 0 amide bonds. The summed E-state index contributed by atoms with van der Waals surface area (Å²) in [4.78, 5) is 68.5. The summed E-state index contributed by atoms with van der Waals surface area (Å²) >= 11 is 0. The van der Waals surface area contributed by atoms with Crippen molar-refractivity contribution in [3.63, 3.8) is 0 Å². The minimum Gasteiger partial charge on any atom is -0.488 e. The maximum absolute atomic E-state index is 12.3. The van der Waals surface area contributed by atoms with E-state index in [-0.39, 0.29) is 123 Å². The summed E-state index contributed by atoms with van der Waals surface area (Å²) in [6.45, 7) is 3.08. The van der Waals surface area contributed by atoms with Gasteiger partial charge in [0.25, 0.3) is 10.9 Å². The average Bonchev–Trinajstić information content (AvgIpc) is 2.88. The molecule has 0 saturated carbocycles. The van der Waals surface area contributed by atoms with Gasteiger partial charge in [-0.3, -0.25) is 43.7 Å². The number of nitrogens with zero attached hydrogens (tertiary/aromatic N) is 4. The van der Waals surface area contributed by atoms with E-state index in [9.17, 15) is 39.3 Å². The van der Waals surface area contributed by atoms with E-state index in [1.54, 1.807) is 39.8 Å². The maximum Gasteiger partial charge on any atom is 3.00 e. The predicted molar refractivity (Wildman–Crippen MR) is 143 cm³/mol. The Labute approximate surface area is 268 Å². The molecule has 0 aliphatic carbocycles. The Hall–Kier alpha value is -2.56. The minimum atomic E-state index is -1.07. The van der Waals surface area contributed by atoms with E-state index in [0.29, 0.717) is 17.8 Å². The number of aromatic nitrogens is 1. The van der Waals surface area contributed by atoms with Gasteiger partial charge in [0.05, 0.1) is 31.1 Å². The molecule has 2 aromatic rings. The fourth-order valence-electron chi connectivity index (χ4n) is 4.72. The number of rotatable bonds is 13. The van der Waals surface area contributed by atoms with Crippen LogP contribution in [0.25, 0.3) is 0 Å². The van der Waals surface area contributed by atoms with Crippen LogP contribution >= 0.6 is 0 Å². The first-order valence-electron chi connectivity index (χ1n) is 13.1. The van der Waals surface area contributed by atoms with Gasteiger partial charge in [0.15, 0.2) is 5.75 Å². The molecule has 0 spiro atoms. The molecule has 4 N–H and O–H groups in total. The zero-order valence-electron chi connectivity index (χ0n) is 22.7. The van der Waals surface area contributed by atoms with Gasteiger partial charge in [-0.25, -0.2) is 0 Å². The molecule has 1 aromatic heterocycles. The molecule has 41 heavy (non-hydrogen) atoms. The van der Waals surface area contributed by atoms with Crippen LogP contribution in [-0.2, 0) is 27.5 Å². The van der Waals surface area contributed by atoms with Gasteiger partial charge in [-0.05, 0) is 31.9 Å². The fraction of sp³-hybridized carbons (Fsp3) is 0.538. The summed E-state index contributed by atoms with van der Waals surface area (Å²) in [5.41, 5.74) is -0.00282. The van der Waals surface area contributed by atoms with E-state index in [0.717, 1.165) is 0 Å². The van der Waals surface area contributed by atoms with Gasteiger partial charge in [-0.1, -0.05) is 6.07 Å². The molecule has 1 aliphatic rings. The zero-order valence-corrected chi connectivity index (χ0v) is 25.0. The number of nitrogens with one attached hydrogen (secondary N) is 1. The van der Waals surface area contributed by atoms with E-state index < -0.39 is 34.8 Å². The van der Waals surface area contributed by atoms with Crippen molar-refractivity contribution in [3.05, 3.63) is 50.0 Å². The van der Waals surface area contributed by atoms with Crippen LogP contribution in [0.5, 0.6) is 5.75 Å². The van der Waals surface area contributed by atoms with Crippen LogP contribution in [0.1, 0.15) is 31.2 Å². The van der Waals surface area contributed by atoms with Crippen LogP contribution in [0.3, 0.4) is 0 Å². The van der Waals surface area contributed by atoms with Crippen molar-refractivity contribution >= 4 is 23.6 Å². The van der Waals surface area contributed by atoms with Gasteiger partial charge in [0.1, 0.15) is 11.7 Å². The minimum absolute atomic E-state index is 0.